The van der Waals surface area contributed by atoms with Gasteiger partial charge in [0.05, 0.1) is 25.2 Å². The number of rotatable bonds is 6. The zero-order valence-corrected chi connectivity index (χ0v) is 13.3. The van der Waals surface area contributed by atoms with Crippen molar-refractivity contribution in [3.63, 3.8) is 0 Å². The van der Waals surface area contributed by atoms with Crippen molar-refractivity contribution in [3.8, 4) is 11.5 Å². The van der Waals surface area contributed by atoms with E-state index in [9.17, 15) is 18.0 Å². The molecule has 0 saturated carbocycles. The average molecular weight is 344 g/mol. The highest BCUT2D eigenvalue weighted by Gasteiger charge is 2.28. The lowest BCUT2D eigenvalue weighted by molar-refractivity contribution is -0.144. The van der Waals surface area contributed by atoms with E-state index in [2.05, 4.69) is 0 Å². The van der Waals surface area contributed by atoms with Crippen LogP contribution in [0.1, 0.15) is 19.8 Å². The normalized spacial score (nSPS) is 21.0. The summed E-state index contributed by atoms with van der Waals surface area (Å²) >= 11 is 0. The number of carbonyl (C=O) groups excluding carboxylic acids is 1. The highest BCUT2D eigenvalue weighted by Crippen LogP contribution is 2.29. The van der Waals surface area contributed by atoms with Crippen molar-refractivity contribution in [1.29, 1.82) is 0 Å². The molecule has 1 heterocycles. The second-order valence-electron chi connectivity index (χ2n) is 5.27. The minimum atomic E-state index is -1.27. The molecule has 0 spiro atoms. The average Bonchev–Trinajstić information content (AvgIpc) is 2.60. The molecule has 2 unspecified atom stereocenters. The van der Waals surface area contributed by atoms with Crippen molar-refractivity contribution < 1.29 is 32.2 Å². The van der Waals surface area contributed by atoms with Crippen LogP contribution in [-0.4, -0.2) is 32.0 Å². The lowest BCUT2D eigenvalue weighted by atomic mass is 9.98. The van der Waals surface area contributed by atoms with Gasteiger partial charge in [0, 0.05) is 0 Å². The molecule has 132 valence electrons. The van der Waals surface area contributed by atoms with Gasteiger partial charge in [-0.05, 0) is 31.9 Å². The zero-order chi connectivity index (χ0) is 17.5. The Morgan fingerprint density at radius 1 is 1.29 bits per heavy atom. The Hall–Kier alpha value is -2.02. The first-order valence-corrected chi connectivity index (χ1v) is 7.73. The fraction of sp³-hybridized carbons (Fsp3) is 0.471. The van der Waals surface area contributed by atoms with Crippen LogP contribution >= 0.6 is 0 Å². The molecule has 2 rings (SSSR count). The van der Waals surface area contributed by atoms with Crippen molar-refractivity contribution in [1.82, 2.24) is 0 Å². The van der Waals surface area contributed by atoms with Gasteiger partial charge in [-0.15, -0.1) is 0 Å². The highest BCUT2D eigenvalue weighted by molar-refractivity contribution is 5.75. The molecule has 0 N–H and O–H groups in total. The summed E-state index contributed by atoms with van der Waals surface area (Å²) in [6.07, 6.45) is 3.69. The van der Waals surface area contributed by atoms with E-state index in [0.29, 0.717) is 12.8 Å². The second kappa shape index (κ2) is 8.73. The van der Waals surface area contributed by atoms with Crippen LogP contribution in [0.15, 0.2) is 24.3 Å². The Morgan fingerprint density at radius 3 is 2.62 bits per heavy atom. The third-order valence-electron chi connectivity index (χ3n) is 3.61. The van der Waals surface area contributed by atoms with E-state index in [1.807, 2.05) is 0 Å². The van der Waals surface area contributed by atoms with Gasteiger partial charge in [0.15, 0.2) is 11.5 Å². The van der Waals surface area contributed by atoms with Crippen LogP contribution in [-0.2, 0) is 9.53 Å². The molecule has 1 aliphatic rings. The largest absolute Gasteiger partial charge is 0.491 e. The standard InChI is InChI=1S/C17H19F3O4/c1-2-22-13-7-8-14(16(20)15(13)19)24-17(21)11-5-6-12(23-10-11)4-3-9-18/h3-4,7-8,11-12H,2,5-6,9-10H2,1H3/b4-3+. The first-order valence-electron chi connectivity index (χ1n) is 7.73. The molecule has 0 amide bonds. The lowest BCUT2D eigenvalue weighted by Crippen LogP contribution is -2.32. The summed E-state index contributed by atoms with van der Waals surface area (Å²) in [5.41, 5.74) is 0. The van der Waals surface area contributed by atoms with Crippen molar-refractivity contribution >= 4 is 5.97 Å². The van der Waals surface area contributed by atoms with Gasteiger partial charge in [0.25, 0.3) is 0 Å². The molecular formula is C17H19F3O4. The van der Waals surface area contributed by atoms with Gasteiger partial charge in [-0.2, -0.15) is 8.78 Å². The van der Waals surface area contributed by atoms with Crippen LogP contribution in [0.2, 0.25) is 0 Å². The van der Waals surface area contributed by atoms with Crippen molar-refractivity contribution in [2.75, 3.05) is 19.9 Å². The number of halogens is 3. The van der Waals surface area contributed by atoms with E-state index in [0.717, 1.165) is 6.07 Å². The third-order valence-corrected chi connectivity index (χ3v) is 3.61. The highest BCUT2D eigenvalue weighted by atomic mass is 19.2. The van der Waals surface area contributed by atoms with Crippen LogP contribution in [0.4, 0.5) is 13.2 Å². The smallest absolute Gasteiger partial charge is 0.316 e. The van der Waals surface area contributed by atoms with E-state index >= 15 is 0 Å². The molecule has 1 aromatic carbocycles. The maximum atomic E-state index is 13.9. The first kappa shape index (κ1) is 18.3. The van der Waals surface area contributed by atoms with E-state index in [1.165, 1.54) is 12.1 Å². The van der Waals surface area contributed by atoms with Gasteiger partial charge in [0.2, 0.25) is 11.6 Å². The molecule has 7 heteroatoms. The van der Waals surface area contributed by atoms with Crippen molar-refractivity contribution in [3.05, 3.63) is 35.9 Å². The predicted molar refractivity (Wildman–Crippen MR) is 80.7 cm³/mol. The Labute approximate surface area is 138 Å². The second-order valence-corrected chi connectivity index (χ2v) is 5.27. The summed E-state index contributed by atoms with van der Waals surface area (Å²) in [6, 6.07) is 2.36. The molecular weight excluding hydrogens is 325 g/mol. The number of alkyl halides is 1. The monoisotopic (exact) mass is 344 g/mol. The molecule has 1 aromatic rings. The number of allylic oxidation sites excluding steroid dienone is 1. The minimum Gasteiger partial charge on any atom is -0.491 e. The number of carbonyl (C=O) groups is 1. The Bertz CT molecular complexity index is 596. The molecule has 1 aliphatic heterocycles. The number of esters is 1. The summed E-state index contributed by atoms with van der Waals surface area (Å²) in [6.45, 7) is 1.34. The minimum absolute atomic E-state index is 0.0846. The maximum Gasteiger partial charge on any atom is 0.316 e. The number of ether oxygens (including phenoxy) is 3. The first-order chi connectivity index (χ1) is 11.6. The summed E-state index contributed by atoms with van der Waals surface area (Å²) < 4.78 is 55.0. The van der Waals surface area contributed by atoms with Gasteiger partial charge >= 0.3 is 5.97 Å². The van der Waals surface area contributed by atoms with E-state index in [-0.39, 0.29) is 25.1 Å². The van der Waals surface area contributed by atoms with Gasteiger partial charge in [-0.25, -0.2) is 4.39 Å². The number of benzene rings is 1. The van der Waals surface area contributed by atoms with Gasteiger partial charge in [-0.1, -0.05) is 12.2 Å². The topological polar surface area (TPSA) is 44.8 Å². The third kappa shape index (κ3) is 4.50. The fourth-order valence-electron chi connectivity index (χ4n) is 2.36. The van der Waals surface area contributed by atoms with Crippen molar-refractivity contribution in [2.24, 2.45) is 5.92 Å². The SMILES string of the molecule is CCOc1ccc(OC(=O)C2CCC(/C=C/CF)OC2)c(F)c1F. The van der Waals surface area contributed by atoms with Gasteiger partial charge in [-0.3, -0.25) is 4.79 Å². The fourth-order valence-corrected chi connectivity index (χ4v) is 2.36. The molecule has 4 nitrogen and oxygen atoms in total. The Kier molecular flexibility index (Phi) is 6.66. The summed E-state index contributed by atoms with van der Waals surface area (Å²) in [5, 5.41) is 0. The van der Waals surface area contributed by atoms with E-state index in [4.69, 9.17) is 14.2 Å². The van der Waals surface area contributed by atoms with E-state index < -0.39 is 35.9 Å². The predicted octanol–water partition coefficient (Wildman–Crippen LogP) is 3.59. The lowest BCUT2D eigenvalue weighted by Gasteiger charge is -2.26. The van der Waals surface area contributed by atoms with Crippen molar-refractivity contribution in [2.45, 2.75) is 25.9 Å². The zero-order valence-electron chi connectivity index (χ0n) is 13.3. The van der Waals surface area contributed by atoms with E-state index in [1.54, 1.807) is 13.0 Å². The van der Waals surface area contributed by atoms with Crippen LogP contribution in [0.25, 0.3) is 0 Å². The molecule has 24 heavy (non-hydrogen) atoms. The Balaban J connectivity index is 1.96. The van der Waals surface area contributed by atoms with Gasteiger partial charge < -0.3 is 14.2 Å². The number of hydrogen-bond donors (Lipinski definition) is 0. The molecule has 2 atom stereocenters. The van der Waals surface area contributed by atoms with Gasteiger partial charge in [0.1, 0.15) is 6.67 Å². The van der Waals surface area contributed by atoms with Crippen LogP contribution in [0, 0.1) is 17.6 Å². The quantitative estimate of drug-likeness (QED) is 0.449. The van der Waals surface area contributed by atoms with Crippen LogP contribution in [0.3, 0.4) is 0 Å². The maximum absolute atomic E-state index is 13.9. The summed E-state index contributed by atoms with van der Waals surface area (Å²) in [4.78, 5) is 12.1. The molecule has 0 bridgehead atoms. The molecule has 1 fully saturated rings. The molecule has 0 aromatic heterocycles. The molecule has 1 saturated heterocycles. The number of hydrogen-bond acceptors (Lipinski definition) is 4. The van der Waals surface area contributed by atoms with Crippen LogP contribution in [0.5, 0.6) is 11.5 Å². The summed E-state index contributed by atoms with van der Waals surface area (Å²) in [5.74, 6) is -4.45. The molecule has 0 aliphatic carbocycles. The molecule has 0 radical (unpaired) electrons. The Morgan fingerprint density at radius 2 is 2.00 bits per heavy atom. The summed E-state index contributed by atoms with van der Waals surface area (Å²) in [7, 11) is 0. The van der Waals surface area contributed by atoms with Crippen LogP contribution < -0.4 is 9.47 Å².